The molecule has 1 aliphatic rings. The number of fused-ring (bicyclic) bond motifs is 1. The molecule has 1 amide bonds. The lowest BCUT2D eigenvalue weighted by molar-refractivity contribution is -0.124. The highest BCUT2D eigenvalue weighted by atomic mass is 32.2. The Morgan fingerprint density at radius 1 is 1.23 bits per heavy atom. The van der Waals surface area contributed by atoms with Gasteiger partial charge in [-0.2, -0.15) is 4.31 Å². The molecule has 2 aromatic rings. The molecular formula is C19H24N2O4S. The van der Waals surface area contributed by atoms with Crippen molar-refractivity contribution in [2.75, 3.05) is 26.8 Å². The average Bonchev–Trinajstić information content (AvgIpc) is 3.15. The molecule has 1 saturated heterocycles. The van der Waals surface area contributed by atoms with E-state index in [9.17, 15) is 13.2 Å². The highest BCUT2D eigenvalue weighted by Gasteiger charge is 2.39. The van der Waals surface area contributed by atoms with Crippen molar-refractivity contribution in [3.8, 4) is 0 Å². The quantitative estimate of drug-likeness (QED) is 0.751. The van der Waals surface area contributed by atoms with E-state index in [4.69, 9.17) is 4.74 Å². The second kappa shape index (κ2) is 8.16. The van der Waals surface area contributed by atoms with E-state index in [-0.39, 0.29) is 10.8 Å². The van der Waals surface area contributed by atoms with Crippen molar-refractivity contribution in [1.29, 1.82) is 0 Å². The van der Waals surface area contributed by atoms with Crippen LogP contribution in [0, 0.1) is 0 Å². The maximum atomic E-state index is 13.1. The molecular weight excluding hydrogens is 352 g/mol. The van der Waals surface area contributed by atoms with E-state index in [1.807, 2.05) is 24.3 Å². The van der Waals surface area contributed by atoms with Gasteiger partial charge in [0.25, 0.3) is 0 Å². The van der Waals surface area contributed by atoms with Gasteiger partial charge in [-0.3, -0.25) is 4.79 Å². The minimum atomic E-state index is -3.71. The van der Waals surface area contributed by atoms with Gasteiger partial charge in [-0.1, -0.05) is 30.3 Å². The lowest BCUT2D eigenvalue weighted by atomic mass is 10.1. The van der Waals surface area contributed by atoms with Gasteiger partial charge in [-0.25, -0.2) is 8.42 Å². The van der Waals surface area contributed by atoms with Crippen LogP contribution in [-0.2, 0) is 19.6 Å². The van der Waals surface area contributed by atoms with Crippen molar-refractivity contribution in [2.24, 2.45) is 0 Å². The molecule has 1 N–H and O–H groups in total. The molecule has 7 heteroatoms. The van der Waals surface area contributed by atoms with E-state index in [1.165, 1.54) is 4.31 Å². The molecule has 3 rings (SSSR count). The highest BCUT2D eigenvalue weighted by Crippen LogP contribution is 2.28. The summed E-state index contributed by atoms with van der Waals surface area (Å²) in [5.74, 6) is -0.233. The summed E-state index contributed by atoms with van der Waals surface area (Å²) in [5, 5.41) is 4.67. The zero-order valence-corrected chi connectivity index (χ0v) is 15.7. The molecule has 0 radical (unpaired) electrons. The van der Waals surface area contributed by atoms with E-state index in [2.05, 4.69) is 5.32 Å². The summed E-state index contributed by atoms with van der Waals surface area (Å²) in [6.07, 6.45) is 1.93. The molecule has 0 aliphatic carbocycles. The van der Waals surface area contributed by atoms with Gasteiger partial charge < -0.3 is 10.1 Å². The van der Waals surface area contributed by atoms with Gasteiger partial charge in [0.2, 0.25) is 15.9 Å². The third-order valence-corrected chi connectivity index (χ3v) is 6.56. The van der Waals surface area contributed by atoms with Gasteiger partial charge in [-0.05, 0) is 42.2 Å². The van der Waals surface area contributed by atoms with Gasteiger partial charge in [0.1, 0.15) is 6.04 Å². The Morgan fingerprint density at radius 2 is 2.00 bits per heavy atom. The first-order chi connectivity index (χ1) is 12.5. The zero-order valence-electron chi connectivity index (χ0n) is 14.8. The minimum absolute atomic E-state index is 0.232. The second-order valence-corrected chi connectivity index (χ2v) is 8.31. The Kier molecular flexibility index (Phi) is 5.90. The molecule has 0 spiro atoms. The number of rotatable bonds is 7. The Balaban J connectivity index is 1.79. The molecule has 6 nitrogen and oxygen atoms in total. The number of ether oxygens (including phenoxy) is 1. The molecule has 1 unspecified atom stereocenters. The fourth-order valence-electron chi connectivity index (χ4n) is 3.30. The van der Waals surface area contributed by atoms with Crippen LogP contribution in [0.4, 0.5) is 0 Å². The number of nitrogens with zero attached hydrogens (tertiary/aromatic N) is 1. The predicted molar refractivity (Wildman–Crippen MR) is 100 cm³/mol. The molecule has 0 aromatic heterocycles. The van der Waals surface area contributed by atoms with Crippen molar-refractivity contribution in [3.05, 3.63) is 42.5 Å². The topological polar surface area (TPSA) is 75.7 Å². The lowest BCUT2D eigenvalue weighted by Gasteiger charge is -2.23. The SMILES string of the molecule is COCCCNC(=O)C1CCCN1S(=O)(=O)c1ccc2ccccc2c1. The van der Waals surface area contributed by atoms with Crippen LogP contribution < -0.4 is 5.32 Å². The standard InChI is InChI=1S/C19H24N2O4S/c1-25-13-5-11-20-19(22)18-8-4-12-21(18)26(23,24)17-10-9-15-6-2-3-7-16(15)14-17/h2-3,6-7,9-10,14,18H,4-5,8,11-13H2,1H3,(H,20,22). The summed E-state index contributed by atoms with van der Waals surface area (Å²) in [6, 6.07) is 12.1. The third kappa shape index (κ3) is 3.90. The summed E-state index contributed by atoms with van der Waals surface area (Å²) in [6.45, 7) is 1.41. The zero-order chi connectivity index (χ0) is 18.6. The van der Waals surface area contributed by atoms with Crippen molar-refractivity contribution in [3.63, 3.8) is 0 Å². The van der Waals surface area contributed by atoms with Crippen LogP contribution in [0.15, 0.2) is 47.4 Å². The van der Waals surface area contributed by atoms with E-state index in [1.54, 1.807) is 25.3 Å². The number of amides is 1. The molecule has 1 aliphatic heterocycles. The lowest BCUT2D eigenvalue weighted by Crippen LogP contribution is -2.46. The maximum Gasteiger partial charge on any atom is 0.243 e. The van der Waals surface area contributed by atoms with Crippen LogP contribution in [0.5, 0.6) is 0 Å². The monoisotopic (exact) mass is 376 g/mol. The van der Waals surface area contributed by atoms with Crippen LogP contribution in [0.2, 0.25) is 0 Å². The van der Waals surface area contributed by atoms with Crippen LogP contribution in [-0.4, -0.2) is 51.5 Å². The Labute approximate surface area is 154 Å². The molecule has 2 aromatic carbocycles. The van der Waals surface area contributed by atoms with Crippen molar-refractivity contribution in [2.45, 2.75) is 30.2 Å². The summed E-state index contributed by atoms with van der Waals surface area (Å²) < 4.78 is 32.5. The minimum Gasteiger partial charge on any atom is -0.385 e. The maximum absolute atomic E-state index is 13.1. The molecule has 1 heterocycles. The van der Waals surface area contributed by atoms with Gasteiger partial charge in [-0.15, -0.1) is 0 Å². The predicted octanol–water partition coefficient (Wildman–Crippen LogP) is 2.15. The van der Waals surface area contributed by atoms with Gasteiger partial charge in [0, 0.05) is 26.8 Å². The summed E-state index contributed by atoms with van der Waals surface area (Å²) in [4.78, 5) is 12.7. The van der Waals surface area contributed by atoms with E-state index in [0.717, 1.165) is 10.8 Å². The molecule has 1 atom stereocenters. The van der Waals surface area contributed by atoms with Gasteiger partial charge in [0.05, 0.1) is 4.90 Å². The van der Waals surface area contributed by atoms with Crippen molar-refractivity contribution in [1.82, 2.24) is 9.62 Å². The number of sulfonamides is 1. The number of hydrogen-bond acceptors (Lipinski definition) is 4. The Bertz CT molecular complexity index is 882. The number of hydrogen-bond donors (Lipinski definition) is 1. The van der Waals surface area contributed by atoms with Crippen LogP contribution >= 0.6 is 0 Å². The van der Waals surface area contributed by atoms with Gasteiger partial charge >= 0.3 is 0 Å². The van der Waals surface area contributed by atoms with E-state index in [0.29, 0.717) is 39.0 Å². The van der Waals surface area contributed by atoms with Crippen LogP contribution in [0.1, 0.15) is 19.3 Å². The second-order valence-electron chi connectivity index (χ2n) is 6.42. The number of carbonyl (C=O) groups excluding carboxylic acids is 1. The number of methoxy groups -OCH3 is 1. The Morgan fingerprint density at radius 3 is 2.77 bits per heavy atom. The largest absolute Gasteiger partial charge is 0.385 e. The molecule has 26 heavy (non-hydrogen) atoms. The van der Waals surface area contributed by atoms with E-state index >= 15 is 0 Å². The molecule has 0 bridgehead atoms. The van der Waals surface area contributed by atoms with Crippen LogP contribution in [0.25, 0.3) is 10.8 Å². The number of nitrogens with one attached hydrogen (secondary N) is 1. The number of benzene rings is 2. The van der Waals surface area contributed by atoms with E-state index < -0.39 is 16.1 Å². The first-order valence-electron chi connectivity index (χ1n) is 8.81. The summed E-state index contributed by atoms with van der Waals surface area (Å²) in [5.41, 5.74) is 0. The fourth-order valence-corrected chi connectivity index (χ4v) is 4.99. The third-order valence-electron chi connectivity index (χ3n) is 4.66. The van der Waals surface area contributed by atoms with Crippen molar-refractivity contribution >= 4 is 26.7 Å². The van der Waals surface area contributed by atoms with Crippen molar-refractivity contribution < 1.29 is 17.9 Å². The van der Waals surface area contributed by atoms with Gasteiger partial charge in [0.15, 0.2) is 0 Å². The smallest absolute Gasteiger partial charge is 0.243 e. The highest BCUT2D eigenvalue weighted by molar-refractivity contribution is 7.89. The average molecular weight is 376 g/mol. The molecule has 140 valence electrons. The molecule has 1 fully saturated rings. The summed E-state index contributed by atoms with van der Waals surface area (Å²) >= 11 is 0. The molecule has 0 saturated carbocycles. The fraction of sp³-hybridized carbons (Fsp3) is 0.421. The first kappa shape index (κ1) is 18.8. The first-order valence-corrected chi connectivity index (χ1v) is 10.3. The van der Waals surface area contributed by atoms with Crippen LogP contribution in [0.3, 0.4) is 0 Å². The summed E-state index contributed by atoms with van der Waals surface area (Å²) in [7, 11) is -2.10. The number of carbonyl (C=O) groups is 1. The normalized spacial score (nSPS) is 18.3. The Hall–Kier alpha value is -1.96.